The number of aliphatic hydroxyl groups excluding tert-OH is 2. The molecule has 1 aliphatic rings. The largest absolute Gasteiger partial charge is 0.388 e. The number of fused-ring (bicyclic) bond motifs is 1. The first-order valence-electron chi connectivity index (χ1n) is 13.0. The van der Waals surface area contributed by atoms with Crippen molar-refractivity contribution >= 4 is 28.8 Å². The van der Waals surface area contributed by atoms with E-state index in [9.17, 15) is 19.8 Å². The molecule has 0 unspecified atom stereocenters. The van der Waals surface area contributed by atoms with E-state index in [-0.39, 0.29) is 17.6 Å². The maximum Gasteiger partial charge on any atom is 0.226 e. The highest BCUT2D eigenvalue weighted by Gasteiger charge is 2.42. The molecule has 0 bridgehead atoms. The third-order valence-corrected chi connectivity index (χ3v) is 6.15. The zero-order valence-corrected chi connectivity index (χ0v) is 22.5. The molecule has 2 aromatic rings. The monoisotopic (exact) mass is 537 g/mol. The highest BCUT2D eigenvalue weighted by Crippen LogP contribution is 2.31. The number of nitrogen functional groups attached to an aromatic ring is 1. The van der Waals surface area contributed by atoms with Crippen LogP contribution in [0.2, 0.25) is 0 Å². The molecule has 0 aromatic carbocycles. The van der Waals surface area contributed by atoms with Crippen molar-refractivity contribution in [3.8, 4) is 0 Å². The Morgan fingerprint density at radius 3 is 2.16 bits per heavy atom. The van der Waals surface area contributed by atoms with Crippen LogP contribution in [0, 0.1) is 0 Å². The predicted octanol–water partition coefficient (Wildman–Crippen LogP) is -0.873. The standard InChI is InChI=1S/C14H30N4O2.C10H13N5O3/c1-13(19)18(14(2)20)12-6-11-17-9-4-3-8-16-10-5-7-15;1-4-6(16)7(17)10(18-4)15-3-14-5-8(11)12-2-13-9(5)15/h16-17H,3-12,15H2,1-2H3;2-4,6-7,10,16-17H,1H3,(H2,11,12,13)/t;4-,6-,7-,10-/m.1/s1. The van der Waals surface area contributed by atoms with Crippen molar-refractivity contribution in [1.82, 2.24) is 35.1 Å². The number of ether oxygens (including phenoxy) is 1. The second kappa shape index (κ2) is 16.3. The van der Waals surface area contributed by atoms with Crippen LogP contribution in [0.25, 0.3) is 11.2 Å². The zero-order chi connectivity index (χ0) is 28.1. The van der Waals surface area contributed by atoms with E-state index in [2.05, 4.69) is 25.6 Å². The van der Waals surface area contributed by atoms with Gasteiger partial charge in [-0.1, -0.05) is 0 Å². The number of anilines is 1. The summed E-state index contributed by atoms with van der Waals surface area (Å²) in [6.45, 7) is 9.61. The summed E-state index contributed by atoms with van der Waals surface area (Å²) in [7, 11) is 0. The number of carbonyl (C=O) groups excluding carboxylic acids is 2. The molecule has 3 heterocycles. The molecule has 1 saturated heterocycles. The number of rotatable bonds is 13. The van der Waals surface area contributed by atoms with Crippen LogP contribution < -0.4 is 22.1 Å². The number of nitrogens with two attached hydrogens (primary N) is 2. The minimum atomic E-state index is -1.03. The van der Waals surface area contributed by atoms with E-state index in [0.29, 0.717) is 17.7 Å². The molecule has 4 atom stereocenters. The van der Waals surface area contributed by atoms with Gasteiger partial charge < -0.3 is 37.1 Å². The Morgan fingerprint density at radius 1 is 1.00 bits per heavy atom. The lowest BCUT2D eigenvalue weighted by Gasteiger charge is -2.16. The van der Waals surface area contributed by atoms with Gasteiger partial charge in [-0.05, 0) is 65.3 Å². The van der Waals surface area contributed by atoms with Crippen LogP contribution in [0.1, 0.15) is 52.7 Å². The molecule has 0 saturated carbocycles. The van der Waals surface area contributed by atoms with Crippen LogP contribution in [-0.4, -0.2) is 104 Å². The van der Waals surface area contributed by atoms with E-state index >= 15 is 0 Å². The molecule has 38 heavy (non-hydrogen) atoms. The topological polar surface area (TPSA) is 207 Å². The molecule has 0 radical (unpaired) electrons. The summed E-state index contributed by atoms with van der Waals surface area (Å²) in [5, 5.41) is 26.3. The van der Waals surface area contributed by atoms with Gasteiger partial charge in [0.05, 0.1) is 12.4 Å². The summed E-state index contributed by atoms with van der Waals surface area (Å²) in [6, 6.07) is 0. The smallest absolute Gasteiger partial charge is 0.226 e. The summed E-state index contributed by atoms with van der Waals surface area (Å²) in [5.74, 6) is -0.0954. The lowest BCUT2D eigenvalue weighted by molar-refractivity contribution is -0.142. The SMILES string of the molecule is CC(=O)N(CCCNCCCCNCCCN)C(C)=O.C[C@H]1O[C@@H](n2cnc3c(N)ncnc32)[C@H](O)[C@@H]1O. The second-order valence-electron chi connectivity index (χ2n) is 9.19. The van der Waals surface area contributed by atoms with Crippen molar-refractivity contribution in [2.45, 2.75) is 71.0 Å². The number of amides is 2. The first-order chi connectivity index (χ1) is 18.2. The molecule has 0 spiro atoms. The van der Waals surface area contributed by atoms with Gasteiger partial charge in [0.2, 0.25) is 11.8 Å². The van der Waals surface area contributed by atoms with Crippen molar-refractivity contribution in [3.63, 3.8) is 0 Å². The molecule has 1 fully saturated rings. The third kappa shape index (κ3) is 9.22. The molecular weight excluding hydrogens is 494 g/mol. The quantitative estimate of drug-likeness (QED) is 0.172. The predicted molar refractivity (Wildman–Crippen MR) is 143 cm³/mol. The number of aromatic nitrogens is 4. The summed E-state index contributed by atoms with van der Waals surface area (Å²) in [6.07, 6.45) is 3.72. The van der Waals surface area contributed by atoms with E-state index < -0.39 is 24.5 Å². The number of aliphatic hydroxyl groups is 2. The van der Waals surface area contributed by atoms with Crippen LogP contribution in [0.5, 0.6) is 0 Å². The van der Waals surface area contributed by atoms with Gasteiger partial charge in [-0.25, -0.2) is 15.0 Å². The molecule has 8 N–H and O–H groups in total. The fourth-order valence-corrected chi connectivity index (χ4v) is 3.99. The third-order valence-electron chi connectivity index (χ3n) is 6.15. The van der Waals surface area contributed by atoms with Gasteiger partial charge in [0.15, 0.2) is 17.7 Å². The number of nitrogens with zero attached hydrogens (tertiary/aromatic N) is 5. The van der Waals surface area contributed by atoms with Gasteiger partial charge in [0, 0.05) is 20.4 Å². The van der Waals surface area contributed by atoms with Gasteiger partial charge in [-0.2, -0.15) is 0 Å². The number of imidazole rings is 1. The van der Waals surface area contributed by atoms with Crippen LogP contribution in [0.15, 0.2) is 12.7 Å². The number of hydrogen-bond donors (Lipinski definition) is 6. The molecule has 2 amide bonds. The van der Waals surface area contributed by atoms with Crippen molar-refractivity contribution in [3.05, 3.63) is 12.7 Å². The van der Waals surface area contributed by atoms with Gasteiger partial charge in [-0.3, -0.25) is 19.1 Å². The van der Waals surface area contributed by atoms with Crippen molar-refractivity contribution in [2.75, 3.05) is 45.0 Å². The van der Waals surface area contributed by atoms with Crippen molar-refractivity contribution in [1.29, 1.82) is 0 Å². The number of nitrogens with one attached hydrogen (secondary N) is 2. The fourth-order valence-electron chi connectivity index (χ4n) is 3.99. The molecule has 214 valence electrons. The van der Waals surface area contributed by atoms with Gasteiger partial charge in [-0.15, -0.1) is 0 Å². The van der Waals surface area contributed by atoms with Crippen LogP contribution in [0.4, 0.5) is 5.82 Å². The average Bonchev–Trinajstić information content (AvgIpc) is 3.42. The summed E-state index contributed by atoms with van der Waals surface area (Å²) in [5.41, 5.74) is 12.0. The Labute approximate surface area is 223 Å². The molecule has 14 heteroatoms. The summed E-state index contributed by atoms with van der Waals surface area (Å²) >= 11 is 0. The first-order valence-corrected chi connectivity index (χ1v) is 13.0. The first kappa shape index (κ1) is 31.5. The maximum atomic E-state index is 11.2. The van der Waals surface area contributed by atoms with E-state index in [4.69, 9.17) is 16.2 Å². The lowest BCUT2D eigenvalue weighted by atomic mass is 10.1. The zero-order valence-electron chi connectivity index (χ0n) is 22.5. The van der Waals surface area contributed by atoms with Gasteiger partial charge >= 0.3 is 0 Å². The highest BCUT2D eigenvalue weighted by atomic mass is 16.6. The lowest BCUT2D eigenvalue weighted by Crippen LogP contribution is -2.35. The van der Waals surface area contributed by atoms with Crippen molar-refractivity contribution < 1.29 is 24.5 Å². The highest BCUT2D eigenvalue weighted by molar-refractivity contribution is 5.92. The number of unbranched alkanes of at least 4 members (excludes halogenated alkanes) is 1. The van der Waals surface area contributed by atoms with Crippen LogP contribution >= 0.6 is 0 Å². The van der Waals surface area contributed by atoms with E-state index in [0.717, 1.165) is 58.4 Å². The molecule has 2 aromatic heterocycles. The average molecular weight is 538 g/mol. The van der Waals surface area contributed by atoms with Gasteiger partial charge in [0.1, 0.15) is 24.1 Å². The maximum absolute atomic E-state index is 11.2. The van der Waals surface area contributed by atoms with Crippen molar-refractivity contribution in [2.24, 2.45) is 5.73 Å². The minimum absolute atomic E-state index is 0.180. The van der Waals surface area contributed by atoms with E-state index in [1.807, 2.05) is 0 Å². The number of hydrogen-bond acceptors (Lipinski definition) is 12. The molecule has 14 nitrogen and oxygen atoms in total. The summed E-state index contributed by atoms with van der Waals surface area (Å²) in [4.78, 5) is 35.6. The van der Waals surface area contributed by atoms with Crippen LogP contribution in [-0.2, 0) is 14.3 Å². The Balaban J connectivity index is 0.000000267. The Kier molecular flexibility index (Phi) is 13.5. The molecular formula is C24H43N9O5. The molecule has 3 rings (SSSR count). The Morgan fingerprint density at radius 2 is 1.61 bits per heavy atom. The van der Waals surface area contributed by atoms with E-state index in [1.54, 1.807) is 11.5 Å². The van der Waals surface area contributed by atoms with E-state index in [1.165, 1.54) is 31.4 Å². The number of imide groups is 1. The minimum Gasteiger partial charge on any atom is -0.388 e. The second-order valence-corrected chi connectivity index (χ2v) is 9.19. The molecule has 1 aliphatic heterocycles. The van der Waals surface area contributed by atoms with Crippen LogP contribution in [0.3, 0.4) is 0 Å². The Hall–Kier alpha value is -2.75. The van der Waals surface area contributed by atoms with Gasteiger partial charge in [0.25, 0.3) is 0 Å². The fraction of sp³-hybridized carbons (Fsp3) is 0.708. The normalized spacial score (nSPS) is 20.8. The summed E-state index contributed by atoms with van der Waals surface area (Å²) < 4.78 is 7.05. The molecule has 0 aliphatic carbocycles. The number of carbonyl (C=O) groups is 2. The Bertz CT molecular complexity index is 991.